The van der Waals surface area contributed by atoms with Crippen LogP contribution in [0.2, 0.25) is 0 Å². The van der Waals surface area contributed by atoms with E-state index < -0.39 is 9.84 Å². The molecule has 1 atom stereocenters. The Balaban J connectivity index is 2.13. The third kappa shape index (κ3) is 2.76. The van der Waals surface area contributed by atoms with Gasteiger partial charge in [0.1, 0.15) is 9.90 Å². The van der Waals surface area contributed by atoms with Crippen molar-refractivity contribution in [1.29, 1.82) is 0 Å². The second-order valence-electron chi connectivity index (χ2n) is 4.15. The first-order valence-corrected chi connectivity index (χ1v) is 8.30. The summed E-state index contributed by atoms with van der Waals surface area (Å²) in [7, 11) is -3.34. The summed E-state index contributed by atoms with van der Waals surface area (Å²) < 4.78 is 33.2. The van der Waals surface area contributed by atoms with Crippen molar-refractivity contribution in [1.82, 2.24) is 4.37 Å². The Bertz CT molecular complexity index is 506. The molecule has 0 amide bonds. The summed E-state index contributed by atoms with van der Waals surface area (Å²) in [4.78, 5) is 0.132. The lowest BCUT2D eigenvalue weighted by atomic mass is 10.2. The number of rotatable bonds is 5. The lowest BCUT2D eigenvalue weighted by Gasteiger charge is -2.11. The lowest BCUT2D eigenvalue weighted by Crippen LogP contribution is -2.19. The molecule has 0 radical (unpaired) electrons. The van der Waals surface area contributed by atoms with Gasteiger partial charge in [0.25, 0.3) is 0 Å². The predicted molar refractivity (Wildman–Crippen MR) is 71.7 cm³/mol. The minimum atomic E-state index is -3.34. The molecule has 3 N–H and O–H groups in total. The number of nitrogens with one attached hydrogen (secondary N) is 1. The average Bonchev–Trinajstić information content (AvgIpc) is 2.95. The standard InChI is InChI=1S/C10H17N3O3S2/c1-2-18(14,15)8-9(11)13-17-10(8)12-6-7-4-3-5-16-7/h7,12H,2-6H2,1H3,(H2,11,13). The van der Waals surface area contributed by atoms with E-state index in [1.165, 1.54) is 0 Å². The Morgan fingerprint density at radius 2 is 2.39 bits per heavy atom. The number of nitrogen functional groups attached to an aromatic ring is 1. The van der Waals surface area contributed by atoms with Crippen molar-refractivity contribution < 1.29 is 13.2 Å². The van der Waals surface area contributed by atoms with Crippen LogP contribution < -0.4 is 11.1 Å². The van der Waals surface area contributed by atoms with Gasteiger partial charge in [-0.2, -0.15) is 4.37 Å². The van der Waals surface area contributed by atoms with Crippen molar-refractivity contribution in [3.8, 4) is 0 Å². The van der Waals surface area contributed by atoms with Gasteiger partial charge in [0.15, 0.2) is 15.7 Å². The molecule has 1 fully saturated rings. The second kappa shape index (κ2) is 5.41. The van der Waals surface area contributed by atoms with Crippen molar-refractivity contribution in [2.75, 3.05) is 30.0 Å². The quantitative estimate of drug-likeness (QED) is 0.844. The van der Waals surface area contributed by atoms with E-state index in [2.05, 4.69) is 9.69 Å². The van der Waals surface area contributed by atoms with Crippen LogP contribution in [0.15, 0.2) is 4.90 Å². The molecule has 6 nitrogen and oxygen atoms in total. The predicted octanol–water partition coefficient (Wildman–Crippen LogP) is 1.11. The summed E-state index contributed by atoms with van der Waals surface area (Å²) in [6.07, 6.45) is 2.19. The van der Waals surface area contributed by atoms with Gasteiger partial charge in [-0.15, -0.1) is 0 Å². The molecule has 1 aliphatic rings. The first-order chi connectivity index (χ1) is 8.54. The van der Waals surface area contributed by atoms with E-state index in [-0.39, 0.29) is 22.6 Å². The number of nitrogens with two attached hydrogens (primary N) is 1. The highest BCUT2D eigenvalue weighted by Crippen LogP contribution is 2.32. The van der Waals surface area contributed by atoms with Crippen molar-refractivity contribution in [2.45, 2.75) is 30.8 Å². The molecule has 18 heavy (non-hydrogen) atoms. The molecule has 2 heterocycles. The molecule has 102 valence electrons. The minimum Gasteiger partial charge on any atom is -0.382 e. The second-order valence-corrected chi connectivity index (χ2v) is 7.13. The van der Waals surface area contributed by atoms with E-state index in [9.17, 15) is 8.42 Å². The minimum absolute atomic E-state index is 0.0181. The zero-order valence-corrected chi connectivity index (χ0v) is 11.8. The van der Waals surface area contributed by atoms with Crippen LogP contribution in [-0.4, -0.2) is 37.8 Å². The van der Waals surface area contributed by atoms with Crippen LogP contribution in [0.1, 0.15) is 19.8 Å². The van der Waals surface area contributed by atoms with E-state index in [0.717, 1.165) is 31.0 Å². The number of anilines is 2. The molecule has 0 bridgehead atoms. The summed E-state index contributed by atoms with van der Waals surface area (Å²) in [6, 6.07) is 0. The number of hydrogen-bond donors (Lipinski definition) is 2. The first-order valence-electron chi connectivity index (χ1n) is 5.88. The third-order valence-corrected chi connectivity index (χ3v) is 5.62. The van der Waals surface area contributed by atoms with Gasteiger partial charge in [-0.25, -0.2) is 8.42 Å². The Morgan fingerprint density at radius 3 is 3.00 bits per heavy atom. The highest BCUT2D eigenvalue weighted by molar-refractivity contribution is 7.91. The summed E-state index contributed by atoms with van der Waals surface area (Å²) in [5, 5.41) is 3.61. The number of sulfone groups is 1. The Kier molecular flexibility index (Phi) is 4.08. The first kappa shape index (κ1) is 13.6. The molecule has 2 rings (SSSR count). The van der Waals surface area contributed by atoms with Crippen LogP contribution in [0.5, 0.6) is 0 Å². The van der Waals surface area contributed by atoms with Gasteiger partial charge >= 0.3 is 0 Å². The molecular weight excluding hydrogens is 274 g/mol. The molecule has 0 saturated carbocycles. The zero-order chi connectivity index (χ0) is 13.2. The van der Waals surface area contributed by atoms with Gasteiger partial charge < -0.3 is 15.8 Å². The fraction of sp³-hybridized carbons (Fsp3) is 0.700. The number of ether oxygens (including phenoxy) is 1. The smallest absolute Gasteiger partial charge is 0.184 e. The molecule has 1 saturated heterocycles. The van der Waals surface area contributed by atoms with E-state index in [0.29, 0.717) is 11.5 Å². The third-order valence-electron chi connectivity index (χ3n) is 2.88. The van der Waals surface area contributed by atoms with Crippen LogP contribution in [0, 0.1) is 0 Å². The van der Waals surface area contributed by atoms with E-state index >= 15 is 0 Å². The van der Waals surface area contributed by atoms with Crippen molar-refractivity contribution in [3.63, 3.8) is 0 Å². The van der Waals surface area contributed by atoms with Crippen molar-refractivity contribution in [2.24, 2.45) is 0 Å². The van der Waals surface area contributed by atoms with E-state index in [1.807, 2.05) is 0 Å². The van der Waals surface area contributed by atoms with Gasteiger partial charge in [-0.05, 0) is 24.4 Å². The maximum absolute atomic E-state index is 11.9. The molecule has 1 unspecified atom stereocenters. The van der Waals surface area contributed by atoms with Crippen LogP contribution in [-0.2, 0) is 14.6 Å². The van der Waals surface area contributed by atoms with E-state index in [4.69, 9.17) is 10.5 Å². The fourth-order valence-corrected chi connectivity index (χ4v) is 4.04. The van der Waals surface area contributed by atoms with Crippen LogP contribution in [0.4, 0.5) is 10.8 Å². The molecule has 1 aromatic rings. The van der Waals surface area contributed by atoms with Gasteiger partial charge in [0.2, 0.25) is 0 Å². The van der Waals surface area contributed by atoms with Gasteiger partial charge in [-0.3, -0.25) is 0 Å². The monoisotopic (exact) mass is 291 g/mol. The number of hydrogen-bond acceptors (Lipinski definition) is 7. The Hall–Kier alpha value is -0.860. The Labute approximate surface area is 111 Å². The number of nitrogens with zero attached hydrogens (tertiary/aromatic N) is 1. The summed E-state index contributed by atoms with van der Waals surface area (Å²) >= 11 is 1.08. The molecular formula is C10H17N3O3S2. The van der Waals surface area contributed by atoms with E-state index in [1.54, 1.807) is 6.92 Å². The normalized spacial score (nSPS) is 20.2. The molecule has 1 aliphatic heterocycles. The van der Waals surface area contributed by atoms with Crippen molar-refractivity contribution in [3.05, 3.63) is 0 Å². The SMILES string of the molecule is CCS(=O)(=O)c1c(N)nsc1NCC1CCCO1. The summed E-state index contributed by atoms with van der Waals surface area (Å²) in [6.45, 7) is 2.96. The Morgan fingerprint density at radius 1 is 1.61 bits per heavy atom. The summed E-state index contributed by atoms with van der Waals surface area (Å²) in [5.41, 5.74) is 5.64. The maximum atomic E-state index is 11.9. The highest BCUT2D eigenvalue weighted by Gasteiger charge is 2.24. The lowest BCUT2D eigenvalue weighted by molar-refractivity contribution is 0.120. The van der Waals surface area contributed by atoms with Crippen molar-refractivity contribution >= 4 is 32.2 Å². The van der Waals surface area contributed by atoms with Gasteiger partial charge in [0.05, 0.1) is 11.9 Å². The topological polar surface area (TPSA) is 94.3 Å². The molecule has 8 heteroatoms. The number of aromatic nitrogens is 1. The highest BCUT2D eigenvalue weighted by atomic mass is 32.2. The zero-order valence-electron chi connectivity index (χ0n) is 10.2. The molecule has 0 aromatic carbocycles. The average molecular weight is 291 g/mol. The van der Waals surface area contributed by atoms with Crippen LogP contribution >= 0.6 is 11.5 Å². The van der Waals surface area contributed by atoms with Crippen LogP contribution in [0.25, 0.3) is 0 Å². The van der Waals surface area contributed by atoms with Gasteiger partial charge in [0, 0.05) is 13.2 Å². The fourth-order valence-electron chi connectivity index (χ4n) is 1.86. The molecule has 0 aliphatic carbocycles. The molecule has 0 spiro atoms. The molecule has 1 aromatic heterocycles. The summed E-state index contributed by atoms with van der Waals surface area (Å²) in [5.74, 6) is 0.0983. The maximum Gasteiger partial charge on any atom is 0.184 e. The van der Waals surface area contributed by atoms with Crippen LogP contribution in [0.3, 0.4) is 0 Å². The van der Waals surface area contributed by atoms with Gasteiger partial charge in [-0.1, -0.05) is 6.92 Å². The largest absolute Gasteiger partial charge is 0.382 e.